The molecule has 1 rings (SSSR count). The van der Waals surface area contributed by atoms with Crippen LogP contribution in [-0.2, 0) is 0 Å². The number of hydrogen-bond acceptors (Lipinski definition) is 0. The van der Waals surface area contributed by atoms with Gasteiger partial charge in [0.25, 0.3) is 0 Å². The van der Waals surface area contributed by atoms with Crippen LogP contribution in [0.4, 0.5) is 0 Å². The van der Waals surface area contributed by atoms with Crippen LogP contribution >= 0.6 is 0 Å². The SMILES string of the molecule is CC=CC(C)C1C(CC)C1CCCC. The summed E-state index contributed by atoms with van der Waals surface area (Å²) in [5, 5.41) is 0. The van der Waals surface area contributed by atoms with Crippen LogP contribution in [0, 0.1) is 23.7 Å². The van der Waals surface area contributed by atoms with Gasteiger partial charge in [-0.1, -0.05) is 52.2 Å². The Hall–Kier alpha value is -0.260. The molecule has 0 bridgehead atoms. The van der Waals surface area contributed by atoms with Crippen LogP contribution in [0.25, 0.3) is 0 Å². The van der Waals surface area contributed by atoms with Crippen LogP contribution in [0.5, 0.6) is 0 Å². The Bertz CT molecular complexity index is 180. The van der Waals surface area contributed by atoms with Crippen molar-refractivity contribution in [1.82, 2.24) is 0 Å². The van der Waals surface area contributed by atoms with E-state index in [0.717, 1.165) is 23.7 Å². The summed E-state index contributed by atoms with van der Waals surface area (Å²) < 4.78 is 0. The van der Waals surface area contributed by atoms with Gasteiger partial charge in [0.1, 0.15) is 0 Å². The second kappa shape index (κ2) is 5.58. The maximum atomic E-state index is 2.39. The van der Waals surface area contributed by atoms with E-state index >= 15 is 0 Å². The first-order chi connectivity index (χ1) is 6.76. The standard InChI is InChI=1S/C14H26/c1-5-8-10-13-12(7-3)14(13)11(4)9-6-2/h6,9,11-14H,5,7-8,10H2,1-4H3. The van der Waals surface area contributed by atoms with Crippen LogP contribution in [0.1, 0.15) is 53.4 Å². The van der Waals surface area contributed by atoms with Crippen LogP contribution in [0.15, 0.2) is 12.2 Å². The highest BCUT2D eigenvalue weighted by atomic mass is 14.5. The molecule has 4 atom stereocenters. The lowest BCUT2D eigenvalue weighted by atomic mass is 10.0. The van der Waals surface area contributed by atoms with Crippen molar-refractivity contribution in [3.05, 3.63) is 12.2 Å². The van der Waals surface area contributed by atoms with Crippen molar-refractivity contribution in [2.75, 3.05) is 0 Å². The van der Waals surface area contributed by atoms with Crippen molar-refractivity contribution in [3.8, 4) is 0 Å². The van der Waals surface area contributed by atoms with E-state index in [4.69, 9.17) is 0 Å². The van der Waals surface area contributed by atoms with Crippen molar-refractivity contribution >= 4 is 0 Å². The fourth-order valence-electron chi connectivity index (χ4n) is 3.11. The minimum atomic E-state index is 0.812. The molecule has 0 aliphatic heterocycles. The summed E-state index contributed by atoms with van der Waals surface area (Å²) in [6.45, 7) is 9.18. The molecule has 1 aliphatic carbocycles. The normalized spacial score (nSPS) is 33.6. The van der Waals surface area contributed by atoms with E-state index < -0.39 is 0 Å². The van der Waals surface area contributed by atoms with Crippen LogP contribution in [-0.4, -0.2) is 0 Å². The lowest BCUT2D eigenvalue weighted by molar-refractivity contribution is 0.528. The molecular formula is C14H26. The maximum absolute atomic E-state index is 2.39. The van der Waals surface area contributed by atoms with E-state index in [-0.39, 0.29) is 0 Å². The summed E-state index contributed by atoms with van der Waals surface area (Å²) in [4.78, 5) is 0. The molecule has 0 N–H and O–H groups in total. The monoisotopic (exact) mass is 194 g/mol. The van der Waals surface area contributed by atoms with Gasteiger partial charge in [0.15, 0.2) is 0 Å². The number of allylic oxidation sites excluding steroid dienone is 2. The number of unbranched alkanes of at least 4 members (excludes halogenated alkanes) is 1. The summed E-state index contributed by atoms with van der Waals surface area (Å²) in [7, 11) is 0. The highest BCUT2D eigenvalue weighted by molar-refractivity contribution is 5.03. The fourth-order valence-corrected chi connectivity index (χ4v) is 3.11. The predicted octanol–water partition coefficient (Wildman–Crippen LogP) is 4.66. The Balaban J connectivity index is 2.38. The minimum absolute atomic E-state index is 0.812. The fraction of sp³-hybridized carbons (Fsp3) is 0.857. The van der Waals surface area contributed by atoms with Gasteiger partial charge < -0.3 is 0 Å². The first kappa shape index (κ1) is 11.8. The van der Waals surface area contributed by atoms with Gasteiger partial charge in [-0.15, -0.1) is 0 Å². The van der Waals surface area contributed by atoms with Gasteiger partial charge in [0, 0.05) is 0 Å². The Kier molecular flexibility index (Phi) is 4.71. The minimum Gasteiger partial charge on any atom is -0.0914 e. The Morgan fingerprint density at radius 1 is 1.21 bits per heavy atom. The summed E-state index contributed by atoms with van der Waals surface area (Å²) in [6.07, 6.45) is 10.3. The molecule has 0 heterocycles. The average molecular weight is 194 g/mol. The highest BCUT2D eigenvalue weighted by Gasteiger charge is 2.49. The zero-order valence-corrected chi connectivity index (χ0v) is 10.3. The van der Waals surface area contributed by atoms with E-state index in [0.29, 0.717) is 0 Å². The average Bonchev–Trinajstić information content (AvgIpc) is 2.88. The third kappa shape index (κ3) is 2.62. The van der Waals surface area contributed by atoms with Gasteiger partial charge in [-0.05, 0) is 37.0 Å². The van der Waals surface area contributed by atoms with E-state index in [1.54, 1.807) is 0 Å². The smallest absolute Gasteiger partial charge is 0.0228 e. The molecule has 82 valence electrons. The molecule has 0 spiro atoms. The van der Waals surface area contributed by atoms with Crippen molar-refractivity contribution in [2.24, 2.45) is 23.7 Å². The maximum Gasteiger partial charge on any atom is -0.0228 e. The summed E-state index contributed by atoms with van der Waals surface area (Å²) in [6, 6.07) is 0. The Morgan fingerprint density at radius 3 is 2.43 bits per heavy atom. The number of rotatable bonds is 6. The van der Waals surface area contributed by atoms with E-state index in [2.05, 4.69) is 39.8 Å². The summed E-state index contributed by atoms with van der Waals surface area (Å²) >= 11 is 0. The van der Waals surface area contributed by atoms with E-state index in [9.17, 15) is 0 Å². The van der Waals surface area contributed by atoms with Crippen LogP contribution < -0.4 is 0 Å². The lowest BCUT2D eigenvalue weighted by Crippen LogP contribution is -1.95. The second-order valence-electron chi connectivity index (χ2n) is 4.84. The third-order valence-corrected chi connectivity index (χ3v) is 3.86. The number of hydrogen-bond donors (Lipinski definition) is 0. The molecule has 14 heavy (non-hydrogen) atoms. The Morgan fingerprint density at radius 2 is 1.93 bits per heavy atom. The molecule has 0 amide bonds. The molecule has 0 nitrogen and oxygen atoms in total. The molecule has 0 aromatic heterocycles. The van der Waals surface area contributed by atoms with Gasteiger partial charge in [-0.25, -0.2) is 0 Å². The third-order valence-electron chi connectivity index (χ3n) is 3.86. The van der Waals surface area contributed by atoms with Crippen molar-refractivity contribution < 1.29 is 0 Å². The largest absolute Gasteiger partial charge is 0.0914 e. The van der Waals surface area contributed by atoms with Gasteiger partial charge in [-0.2, -0.15) is 0 Å². The zero-order valence-electron chi connectivity index (χ0n) is 10.3. The van der Waals surface area contributed by atoms with E-state index in [1.807, 2.05) is 0 Å². The molecule has 1 saturated carbocycles. The van der Waals surface area contributed by atoms with Crippen molar-refractivity contribution in [1.29, 1.82) is 0 Å². The van der Waals surface area contributed by atoms with Gasteiger partial charge in [-0.3, -0.25) is 0 Å². The van der Waals surface area contributed by atoms with Crippen LogP contribution in [0.3, 0.4) is 0 Å². The molecule has 0 saturated heterocycles. The first-order valence-electron chi connectivity index (χ1n) is 6.39. The van der Waals surface area contributed by atoms with Gasteiger partial charge in [0.05, 0.1) is 0 Å². The predicted molar refractivity (Wildman–Crippen MR) is 64.3 cm³/mol. The Labute approximate surface area is 89.8 Å². The summed E-state index contributed by atoms with van der Waals surface area (Å²) in [5.41, 5.74) is 0. The molecule has 1 fully saturated rings. The molecule has 0 heteroatoms. The zero-order chi connectivity index (χ0) is 10.6. The molecule has 0 aromatic carbocycles. The van der Waals surface area contributed by atoms with Crippen molar-refractivity contribution in [2.45, 2.75) is 53.4 Å². The molecular weight excluding hydrogens is 168 g/mol. The first-order valence-corrected chi connectivity index (χ1v) is 6.39. The topological polar surface area (TPSA) is 0 Å². The van der Waals surface area contributed by atoms with Crippen molar-refractivity contribution in [3.63, 3.8) is 0 Å². The van der Waals surface area contributed by atoms with Gasteiger partial charge >= 0.3 is 0 Å². The summed E-state index contributed by atoms with van der Waals surface area (Å²) in [5.74, 6) is 3.90. The highest BCUT2D eigenvalue weighted by Crippen LogP contribution is 2.55. The lowest BCUT2D eigenvalue weighted by Gasteiger charge is -2.04. The quantitative estimate of drug-likeness (QED) is 0.539. The second-order valence-corrected chi connectivity index (χ2v) is 4.84. The van der Waals surface area contributed by atoms with E-state index in [1.165, 1.54) is 25.7 Å². The van der Waals surface area contributed by atoms with Gasteiger partial charge in [0.2, 0.25) is 0 Å². The van der Waals surface area contributed by atoms with Crippen LogP contribution in [0.2, 0.25) is 0 Å². The molecule has 0 radical (unpaired) electrons. The molecule has 1 aliphatic rings. The molecule has 4 unspecified atom stereocenters. The molecule has 0 aromatic rings.